The number of hydrogen-bond acceptors (Lipinski definition) is 6. The summed E-state index contributed by atoms with van der Waals surface area (Å²) in [7, 11) is 0. The molecular formula is C24H35NO5. The van der Waals surface area contributed by atoms with Crippen LogP contribution in [0.5, 0.6) is 5.75 Å². The average Bonchev–Trinajstić information content (AvgIpc) is 3.23. The van der Waals surface area contributed by atoms with E-state index in [0.717, 1.165) is 50.9 Å². The third kappa shape index (κ3) is 4.90. The van der Waals surface area contributed by atoms with E-state index in [1.807, 2.05) is 0 Å². The van der Waals surface area contributed by atoms with Gasteiger partial charge >= 0.3 is 11.9 Å². The van der Waals surface area contributed by atoms with E-state index in [2.05, 4.69) is 25.7 Å². The maximum absolute atomic E-state index is 13.2. The van der Waals surface area contributed by atoms with Gasteiger partial charge in [0.2, 0.25) is 0 Å². The van der Waals surface area contributed by atoms with E-state index in [1.165, 1.54) is 0 Å². The Morgan fingerprint density at radius 1 is 1.13 bits per heavy atom. The van der Waals surface area contributed by atoms with Crippen LogP contribution in [0.3, 0.4) is 0 Å². The summed E-state index contributed by atoms with van der Waals surface area (Å²) in [5, 5.41) is 10.8. The van der Waals surface area contributed by atoms with Crippen molar-refractivity contribution in [2.45, 2.75) is 65.9 Å². The molecule has 6 nitrogen and oxygen atoms in total. The molecule has 0 spiro atoms. The Morgan fingerprint density at radius 3 is 2.37 bits per heavy atom. The van der Waals surface area contributed by atoms with Crippen LogP contribution in [-0.4, -0.2) is 42.8 Å². The van der Waals surface area contributed by atoms with Crippen LogP contribution >= 0.6 is 0 Å². The molecule has 0 radical (unpaired) electrons. The summed E-state index contributed by atoms with van der Waals surface area (Å²) in [5.74, 6) is -0.336. The maximum Gasteiger partial charge on any atom is 0.342 e. The van der Waals surface area contributed by atoms with Gasteiger partial charge in [0, 0.05) is 18.8 Å². The van der Waals surface area contributed by atoms with Crippen LogP contribution < -0.4 is 4.90 Å². The van der Waals surface area contributed by atoms with Crippen molar-refractivity contribution in [3.05, 3.63) is 23.3 Å². The molecule has 166 valence electrons. The molecule has 3 rings (SSSR count). The van der Waals surface area contributed by atoms with Gasteiger partial charge in [0.25, 0.3) is 0 Å². The van der Waals surface area contributed by atoms with Crippen LogP contribution in [0, 0.1) is 17.8 Å². The SMILES string of the molecule is CCOC(=O)c1cc(N2CCCC2)cc(C(=O)OC2CC(C)CCC2C(C)C)c1O. The first-order valence-electron chi connectivity index (χ1n) is 11.3. The van der Waals surface area contributed by atoms with Gasteiger partial charge < -0.3 is 19.5 Å². The number of hydrogen-bond donors (Lipinski definition) is 1. The molecule has 2 fully saturated rings. The largest absolute Gasteiger partial charge is 0.506 e. The molecule has 1 saturated heterocycles. The monoisotopic (exact) mass is 417 g/mol. The number of ether oxygens (including phenoxy) is 2. The number of rotatable bonds is 6. The first-order chi connectivity index (χ1) is 14.3. The van der Waals surface area contributed by atoms with Crippen LogP contribution in [0.4, 0.5) is 5.69 Å². The third-order valence-corrected chi connectivity index (χ3v) is 6.50. The van der Waals surface area contributed by atoms with E-state index in [4.69, 9.17) is 9.47 Å². The highest BCUT2D eigenvalue weighted by atomic mass is 16.5. The number of carbonyl (C=O) groups is 2. The fourth-order valence-corrected chi connectivity index (χ4v) is 4.75. The fraction of sp³-hybridized carbons (Fsp3) is 0.667. The lowest BCUT2D eigenvalue weighted by Gasteiger charge is -2.36. The summed E-state index contributed by atoms with van der Waals surface area (Å²) in [6, 6.07) is 3.28. The molecule has 30 heavy (non-hydrogen) atoms. The van der Waals surface area contributed by atoms with Crippen LogP contribution in [0.2, 0.25) is 0 Å². The molecule has 1 heterocycles. The van der Waals surface area contributed by atoms with Crippen molar-refractivity contribution in [3.8, 4) is 5.75 Å². The predicted octanol–water partition coefficient (Wildman–Crippen LogP) is 4.79. The minimum Gasteiger partial charge on any atom is -0.506 e. The van der Waals surface area contributed by atoms with E-state index in [1.54, 1.807) is 19.1 Å². The lowest BCUT2D eigenvalue weighted by molar-refractivity contribution is -0.0176. The molecule has 0 aromatic heterocycles. The van der Waals surface area contributed by atoms with Crippen molar-refractivity contribution in [2.24, 2.45) is 17.8 Å². The Kier molecular flexibility index (Phi) is 7.27. The number of carbonyl (C=O) groups excluding carboxylic acids is 2. The van der Waals surface area contributed by atoms with Gasteiger partial charge in [-0.2, -0.15) is 0 Å². The average molecular weight is 418 g/mol. The summed E-state index contributed by atoms with van der Waals surface area (Å²) in [4.78, 5) is 27.7. The smallest absolute Gasteiger partial charge is 0.342 e. The molecule has 1 aromatic rings. The van der Waals surface area contributed by atoms with Gasteiger partial charge in [-0.3, -0.25) is 0 Å². The van der Waals surface area contributed by atoms with E-state index in [0.29, 0.717) is 17.8 Å². The van der Waals surface area contributed by atoms with Gasteiger partial charge in [-0.1, -0.05) is 27.2 Å². The molecule has 1 saturated carbocycles. The van der Waals surface area contributed by atoms with Crippen molar-refractivity contribution in [1.82, 2.24) is 0 Å². The second-order valence-electron chi connectivity index (χ2n) is 9.07. The van der Waals surface area contributed by atoms with Crippen molar-refractivity contribution in [2.75, 3.05) is 24.6 Å². The molecule has 6 heteroatoms. The van der Waals surface area contributed by atoms with E-state index in [9.17, 15) is 14.7 Å². The second kappa shape index (κ2) is 9.71. The number of aromatic hydroxyl groups is 1. The molecule has 0 amide bonds. The molecule has 1 aliphatic heterocycles. The van der Waals surface area contributed by atoms with E-state index >= 15 is 0 Å². The number of esters is 2. The number of anilines is 1. The van der Waals surface area contributed by atoms with Crippen LogP contribution in [-0.2, 0) is 9.47 Å². The normalized spacial score (nSPS) is 24.2. The minimum atomic E-state index is -0.628. The van der Waals surface area contributed by atoms with Gasteiger partial charge in [0.15, 0.2) is 0 Å². The van der Waals surface area contributed by atoms with Crippen molar-refractivity contribution in [3.63, 3.8) is 0 Å². The Balaban J connectivity index is 1.92. The standard InChI is InChI=1S/C24H35NO5/c1-5-29-23(27)19-13-17(25-10-6-7-11-25)14-20(22(19)26)24(28)30-21-12-16(4)8-9-18(21)15(2)3/h13-16,18,21,26H,5-12H2,1-4H3. The first-order valence-corrected chi connectivity index (χ1v) is 11.3. The zero-order valence-corrected chi connectivity index (χ0v) is 18.6. The highest BCUT2D eigenvalue weighted by molar-refractivity contribution is 6.01. The summed E-state index contributed by atoms with van der Waals surface area (Å²) < 4.78 is 11.0. The molecule has 1 aliphatic carbocycles. The first kappa shape index (κ1) is 22.4. The van der Waals surface area contributed by atoms with Gasteiger partial charge in [-0.05, 0) is 62.5 Å². The summed E-state index contributed by atoms with van der Waals surface area (Å²) >= 11 is 0. The van der Waals surface area contributed by atoms with Gasteiger partial charge in [-0.25, -0.2) is 9.59 Å². The Hall–Kier alpha value is -2.24. The van der Waals surface area contributed by atoms with Gasteiger partial charge in [-0.15, -0.1) is 0 Å². The summed E-state index contributed by atoms with van der Waals surface area (Å²) in [6.45, 7) is 10.1. The third-order valence-electron chi connectivity index (χ3n) is 6.50. The zero-order chi connectivity index (χ0) is 21.8. The van der Waals surface area contributed by atoms with Crippen LogP contribution in [0.25, 0.3) is 0 Å². The second-order valence-corrected chi connectivity index (χ2v) is 9.07. The summed E-state index contributed by atoms with van der Waals surface area (Å²) in [6.07, 6.45) is 4.94. The molecule has 0 bridgehead atoms. The highest BCUT2D eigenvalue weighted by Gasteiger charge is 2.35. The molecule has 3 unspecified atom stereocenters. The van der Waals surface area contributed by atoms with Crippen molar-refractivity contribution < 1.29 is 24.2 Å². The lowest BCUT2D eigenvalue weighted by atomic mass is 9.75. The molecule has 1 N–H and O–H groups in total. The van der Waals surface area contributed by atoms with Gasteiger partial charge in [0.05, 0.1) is 6.61 Å². The Morgan fingerprint density at radius 2 is 1.77 bits per heavy atom. The molecule has 3 atom stereocenters. The van der Waals surface area contributed by atoms with Crippen molar-refractivity contribution in [1.29, 1.82) is 0 Å². The quantitative estimate of drug-likeness (QED) is 0.671. The Labute approximate surface area is 179 Å². The molecule has 2 aliphatic rings. The number of phenols is 1. The van der Waals surface area contributed by atoms with Crippen LogP contribution in [0.15, 0.2) is 12.1 Å². The van der Waals surface area contributed by atoms with E-state index < -0.39 is 11.9 Å². The van der Waals surface area contributed by atoms with Crippen LogP contribution in [0.1, 0.15) is 80.5 Å². The molecular weight excluding hydrogens is 382 g/mol. The molecule has 1 aromatic carbocycles. The summed E-state index contributed by atoms with van der Waals surface area (Å²) in [5.41, 5.74) is 0.812. The van der Waals surface area contributed by atoms with E-state index in [-0.39, 0.29) is 29.6 Å². The highest BCUT2D eigenvalue weighted by Crippen LogP contribution is 2.37. The predicted molar refractivity (Wildman–Crippen MR) is 116 cm³/mol. The lowest BCUT2D eigenvalue weighted by Crippen LogP contribution is -2.36. The number of benzene rings is 1. The maximum atomic E-state index is 13.2. The number of nitrogens with zero attached hydrogens (tertiary/aromatic N) is 1. The fourth-order valence-electron chi connectivity index (χ4n) is 4.75. The van der Waals surface area contributed by atoms with Crippen molar-refractivity contribution >= 4 is 17.6 Å². The Bertz CT molecular complexity index is 769. The zero-order valence-electron chi connectivity index (χ0n) is 18.6. The minimum absolute atomic E-state index is 0.0191. The topological polar surface area (TPSA) is 76.1 Å². The number of phenolic OH excluding ortho intramolecular Hbond substituents is 1. The van der Waals surface area contributed by atoms with Gasteiger partial charge in [0.1, 0.15) is 23.0 Å².